The lowest BCUT2D eigenvalue weighted by atomic mass is 9.73. The second kappa shape index (κ2) is 5.00. The Kier molecular flexibility index (Phi) is 3.64. The molecule has 16 heavy (non-hydrogen) atoms. The SMILES string of the molecule is CC1CCC(C(=O)O)C(Cc2cccs2)C1. The summed E-state index contributed by atoms with van der Waals surface area (Å²) in [5, 5.41) is 11.3. The van der Waals surface area contributed by atoms with Crippen LogP contribution in [-0.4, -0.2) is 11.1 Å². The van der Waals surface area contributed by atoms with Crippen molar-refractivity contribution in [2.45, 2.75) is 32.6 Å². The normalized spacial score (nSPS) is 30.2. The molecule has 0 spiro atoms. The highest BCUT2D eigenvalue weighted by Crippen LogP contribution is 2.36. The van der Waals surface area contributed by atoms with E-state index in [1.54, 1.807) is 11.3 Å². The average molecular weight is 238 g/mol. The van der Waals surface area contributed by atoms with E-state index in [2.05, 4.69) is 18.4 Å². The lowest BCUT2D eigenvalue weighted by Crippen LogP contribution is -2.31. The third kappa shape index (κ3) is 2.64. The minimum absolute atomic E-state index is 0.127. The monoisotopic (exact) mass is 238 g/mol. The molecule has 3 unspecified atom stereocenters. The molecule has 1 N–H and O–H groups in total. The summed E-state index contributed by atoms with van der Waals surface area (Å²) in [6.07, 6.45) is 3.93. The topological polar surface area (TPSA) is 37.3 Å². The van der Waals surface area contributed by atoms with Crippen LogP contribution in [-0.2, 0) is 11.2 Å². The molecule has 88 valence electrons. The van der Waals surface area contributed by atoms with E-state index in [9.17, 15) is 9.90 Å². The standard InChI is InChI=1S/C13H18O2S/c1-9-4-5-12(13(14)15)10(7-9)8-11-3-2-6-16-11/h2-3,6,9-10,12H,4-5,7-8H2,1H3,(H,14,15). The highest BCUT2D eigenvalue weighted by atomic mass is 32.1. The Hall–Kier alpha value is -0.830. The van der Waals surface area contributed by atoms with Crippen LogP contribution in [0.1, 0.15) is 31.1 Å². The van der Waals surface area contributed by atoms with Crippen LogP contribution in [0.25, 0.3) is 0 Å². The van der Waals surface area contributed by atoms with Crippen LogP contribution in [0.5, 0.6) is 0 Å². The van der Waals surface area contributed by atoms with Crippen molar-refractivity contribution in [3.8, 4) is 0 Å². The van der Waals surface area contributed by atoms with Crippen molar-refractivity contribution in [1.82, 2.24) is 0 Å². The quantitative estimate of drug-likeness (QED) is 0.876. The smallest absolute Gasteiger partial charge is 0.306 e. The van der Waals surface area contributed by atoms with Crippen molar-refractivity contribution in [2.24, 2.45) is 17.8 Å². The lowest BCUT2D eigenvalue weighted by Gasteiger charge is -2.32. The second-order valence-electron chi connectivity index (χ2n) is 4.91. The van der Waals surface area contributed by atoms with E-state index in [4.69, 9.17) is 0 Å². The summed E-state index contributed by atoms with van der Waals surface area (Å²) in [7, 11) is 0. The van der Waals surface area contributed by atoms with E-state index >= 15 is 0 Å². The summed E-state index contributed by atoms with van der Waals surface area (Å²) in [6, 6.07) is 4.16. The van der Waals surface area contributed by atoms with Gasteiger partial charge in [-0.05, 0) is 49.0 Å². The number of carbonyl (C=O) groups is 1. The van der Waals surface area contributed by atoms with Gasteiger partial charge in [0.25, 0.3) is 0 Å². The fourth-order valence-electron chi connectivity index (χ4n) is 2.74. The molecule has 2 rings (SSSR count). The van der Waals surface area contributed by atoms with Gasteiger partial charge < -0.3 is 5.11 Å². The van der Waals surface area contributed by atoms with E-state index in [1.807, 2.05) is 6.07 Å². The molecule has 1 aliphatic rings. The predicted molar refractivity (Wildman–Crippen MR) is 65.7 cm³/mol. The Bertz CT molecular complexity index is 345. The van der Waals surface area contributed by atoms with Gasteiger partial charge in [-0.3, -0.25) is 4.79 Å². The Morgan fingerprint density at radius 2 is 2.38 bits per heavy atom. The van der Waals surface area contributed by atoms with Crippen molar-refractivity contribution in [1.29, 1.82) is 0 Å². The largest absolute Gasteiger partial charge is 0.481 e. The van der Waals surface area contributed by atoms with Crippen molar-refractivity contribution >= 4 is 17.3 Å². The number of carboxylic acid groups (broad SMARTS) is 1. The minimum Gasteiger partial charge on any atom is -0.481 e. The third-order valence-electron chi connectivity index (χ3n) is 3.61. The van der Waals surface area contributed by atoms with Gasteiger partial charge in [0.15, 0.2) is 0 Å². The van der Waals surface area contributed by atoms with Gasteiger partial charge in [0.2, 0.25) is 0 Å². The molecular formula is C13H18O2S. The number of aliphatic carboxylic acids is 1. The summed E-state index contributed by atoms with van der Waals surface area (Å²) >= 11 is 1.74. The van der Waals surface area contributed by atoms with Gasteiger partial charge >= 0.3 is 5.97 Å². The zero-order valence-corrected chi connectivity index (χ0v) is 10.4. The summed E-state index contributed by atoms with van der Waals surface area (Å²) in [5.41, 5.74) is 0. The Morgan fingerprint density at radius 1 is 1.56 bits per heavy atom. The second-order valence-corrected chi connectivity index (χ2v) is 5.94. The first-order chi connectivity index (χ1) is 7.66. The van der Waals surface area contributed by atoms with Gasteiger partial charge in [-0.15, -0.1) is 11.3 Å². The van der Waals surface area contributed by atoms with Gasteiger partial charge in [0, 0.05) is 4.88 Å². The summed E-state index contributed by atoms with van der Waals surface area (Å²) in [4.78, 5) is 12.5. The molecule has 0 saturated heterocycles. The summed E-state index contributed by atoms with van der Waals surface area (Å²) < 4.78 is 0. The van der Waals surface area contributed by atoms with Crippen LogP contribution in [0.2, 0.25) is 0 Å². The molecule has 1 saturated carbocycles. The zero-order valence-electron chi connectivity index (χ0n) is 9.56. The third-order valence-corrected chi connectivity index (χ3v) is 4.50. The highest BCUT2D eigenvalue weighted by molar-refractivity contribution is 7.09. The van der Waals surface area contributed by atoms with Gasteiger partial charge in [-0.1, -0.05) is 13.0 Å². The Labute approximate surface area is 100 Å². The molecule has 0 bridgehead atoms. The molecule has 1 aromatic rings. The van der Waals surface area contributed by atoms with E-state index in [0.717, 1.165) is 25.7 Å². The van der Waals surface area contributed by atoms with Crippen LogP contribution in [0.3, 0.4) is 0 Å². The summed E-state index contributed by atoms with van der Waals surface area (Å²) in [5.74, 6) is 0.284. The number of thiophene rings is 1. The van der Waals surface area contributed by atoms with Crippen LogP contribution in [0.4, 0.5) is 0 Å². The lowest BCUT2D eigenvalue weighted by molar-refractivity contribution is -0.145. The van der Waals surface area contributed by atoms with E-state index in [0.29, 0.717) is 11.8 Å². The minimum atomic E-state index is -0.603. The number of hydrogen-bond donors (Lipinski definition) is 1. The molecule has 1 heterocycles. The number of rotatable bonds is 3. The molecule has 3 atom stereocenters. The summed E-state index contributed by atoms with van der Waals surface area (Å²) in [6.45, 7) is 2.24. The predicted octanol–water partition coefficient (Wildman–Crippen LogP) is 3.43. The van der Waals surface area contributed by atoms with Crippen LogP contribution in [0, 0.1) is 17.8 Å². The molecule has 2 nitrogen and oxygen atoms in total. The molecule has 0 amide bonds. The fourth-order valence-corrected chi connectivity index (χ4v) is 3.54. The van der Waals surface area contributed by atoms with Gasteiger partial charge in [0.1, 0.15) is 0 Å². The number of carboxylic acids is 1. The molecule has 0 aliphatic heterocycles. The highest BCUT2D eigenvalue weighted by Gasteiger charge is 2.33. The molecule has 1 aliphatic carbocycles. The zero-order chi connectivity index (χ0) is 11.5. The first-order valence-electron chi connectivity index (χ1n) is 5.92. The molecule has 1 aromatic heterocycles. The fraction of sp³-hybridized carbons (Fsp3) is 0.615. The molecule has 1 fully saturated rings. The Balaban J connectivity index is 2.05. The van der Waals surface area contributed by atoms with E-state index in [-0.39, 0.29) is 5.92 Å². The first kappa shape index (κ1) is 11.6. The maximum absolute atomic E-state index is 11.2. The van der Waals surface area contributed by atoms with E-state index in [1.165, 1.54) is 4.88 Å². The maximum atomic E-state index is 11.2. The molecule has 3 heteroatoms. The number of hydrogen-bond acceptors (Lipinski definition) is 2. The van der Waals surface area contributed by atoms with Crippen molar-refractivity contribution < 1.29 is 9.90 Å². The van der Waals surface area contributed by atoms with Crippen LogP contribution >= 0.6 is 11.3 Å². The van der Waals surface area contributed by atoms with Crippen molar-refractivity contribution in [3.05, 3.63) is 22.4 Å². The van der Waals surface area contributed by atoms with Gasteiger partial charge in [-0.25, -0.2) is 0 Å². The van der Waals surface area contributed by atoms with Crippen molar-refractivity contribution in [3.63, 3.8) is 0 Å². The van der Waals surface area contributed by atoms with Crippen LogP contribution < -0.4 is 0 Å². The van der Waals surface area contributed by atoms with Gasteiger partial charge in [-0.2, -0.15) is 0 Å². The first-order valence-corrected chi connectivity index (χ1v) is 6.80. The maximum Gasteiger partial charge on any atom is 0.306 e. The molecular weight excluding hydrogens is 220 g/mol. The molecule has 0 radical (unpaired) electrons. The van der Waals surface area contributed by atoms with Crippen molar-refractivity contribution in [2.75, 3.05) is 0 Å². The van der Waals surface area contributed by atoms with Gasteiger partial charge in [0.05, 0.1) is 5.92 Å². The van der Waals surface area contributed by atoms with Crippen LogP contribution in [0.15, 0.2) is 17.5 Å². The molecule has 0 aromatic carbocycles. The Morgan fingerprint density at radius 3 is 3.00 bits per heavy atom. The van der Waals surface area contributed by atoms with E-state index < -0.39 is 5.97 Å². The average Bonchev–Trinajstić information content (AvgIpc) is 2.70.